The molecule has 0 fully saturated rings. The second kappa shape index (κ2) is 7.20. The highest BCUT2D eigenvalue weighted by molar-refractivity contribution is 5.62. The molecule has 5 heteroatoms. The first-order valence-corrected chi connectivity index (χ1v) is 7.77. The lowest BCUT2D eigenvalue weighted by Crippen LogP contribution is -2.13. The van der Waals surface area contributed by atoms with Crippen molar-refractivity contribution in [2.75, 3.05) is 5.73 Å². The number of benzene rings is 1. The van der Waals surface area contributed by atoms with E-state index in [1.807, 2.05) is 23.7 Å². The first kappa shape index (κ1) is 15.5. The van der Waals surface area contributed by atoms with Crippen molar-refractivity contribution in [3.63, 3.8) is 0 Å². The lowest BCUT2D eigenvalue weighted by atomic mass is 9.99. The number of hydrogen-bond donors (Lipinski definition) is 1. The van der Waals surface area contributed by atoms with Crippen LogP contribution in [-0.4, -0.2) is 20.2 Å². The van der Waals surface area contributed by atoms with Crippen LogP contribution in [-0.2, 0) is 6.54 Å². The Kier molecular flexibility index (Phi) is 5.31. The van der Waals surface area contributed by atoms with Gasteiger partial charge in [0.2, 0.25) is 0 Å². The van der Waals surface area contributed by atoms with Gasteiger partial charge in [-0.2, -0.15) is 0 Å². The molecule has 2 rings (SSSR count). The average Bonchev–Trinajstić information content (AvgIpc) is 2.90. The Morgan fingerprint density at radius 3 is 2.71 bits per heavy atom. The molecule has 2 aromatic rings. The van der Waals surface area contributed by atoms with Crippen LogP contribution in [0.1, 0.15) is 45.1 Å². The minimum absolute atomic E-state index is 0.620. The van der Waals surface area contributed by atoms with E-state index >= 15 is 0 Å². The molecule has 0 spiro atoms. The van der Waals surface area contributed by atoms with E-state index < -0.39 is 0 Å². The summed E-state index contributed by atoms with van der Waals surface area (Å²) >= 11 is 0. The third-order valence-electron chi connectivity index (χ3n) is 3.86. The minimum atomic E-state index is 0.620. The predicted octanol–water partition coefficient (Wildman–Crippen LogP) is 3.45. The fraction of sp³-hybridized carbons (Fsp3) is 0.562. The molecule has 0 aliphatic rings. The second-order valence-corrected chi connectivity index (χ2v) is 5.73. The summed E-state index contributed by atoms with van der Waals surface area (Å²) in [6.07, 6.45) is 4.86. The van der Waals surface area contributed by atoms with Crippen molar-refractivity contribution in [3.05, 3.63) is 23.8 Å². The Bertz CT molecular complexity index is 556. The Morgan fingerprint density at radius 1 is 1.24 bits per heavy atom. The van der Waals surface area contributed by atoms with Gasteiger partial charge in [-0.25, -0.2) is 4.68 Å². The fourth-order valence-electron chi connectivity index (χ4n) is 2.64. The summed E-state index contributed by atoms with van der Waals surface area (Å²) in [7, 11) is 0. The van der Waals surface area contributed by atoms with Crippen LogP contribution in [0.3, 0.4) is 0 Å². The Morgan fingerprint density at radius 2 is 2.05 bits per heavy atom. The number of aryl methyl sites for hydroxylation is 1. The van der Waals surface area contributed by atoms with Gasteiger partial charge < -0.3 is 5.73 Å². The predicted molar refractivity (Wildman–Crippen MR) is 85.7 cm³/mol. The van der Waals surface area contributed by atoms with Crippen LogP contribution in [0.15, 0.2) is 18.2 Å². The molecule has 0 radical (unpaired) electrons. The summed E-state index contributed by atoms with van der Waals surface area (Å²) in [5.74, 6) is 1.43. The van der Waals surface area contributed by atoms with Gasteiger partial charge in [0, 0.05) is 17.8 Å². The molecular weight excluding hydrogens is 262 g/mol. The lowest BCUT2D eigenvalue weighted by Gasteiger charge is -2.15. The molecule has 1 atom stereocenters. The topological polar surface area (TPSA) is 69.6 Å². The number of unbranched alkanes of at least 4 members (excludes halogenated alkanes) is 1. The minimum Gasteiger partial charge on any atom is -0.399 e. The van der Waals surface area contributed by atoms with Crippen molar-refractivity contribution in [2.45, 2.75) is 53.0 Å². The number of nitrogen functional groups attached to an aromatic ring is 1. The molecular formula is C16H25N5. The smallest absolute Gasteiger partial charge is 0.182 e. The van der Waals surface area contributed by atoms with Gasteiger partial charge >= 0.3 is 0 Å². The Balaban J connectivity index is 2.21. The maximum Gasteiger partial charge on any atom is 0.182 e. The maximum atomic E-state index is 5.93. The highest BCUT2D eigenvalue weighted by Crippen LogP contribution is 2.23. The van der Waals surface area contributed by atoms with E-state index in [-0.39, 0.29) is 0 Å². The zero-order valence-electron chi connectivity index (χ0n) is 13.2. The van der Waals surface area contributed by atoms with Gasteiger partial charge in [-0.05, 0) is 53.5 Å². The van der Waals surface area contributed by atoms with E-state index in [0.29, 0.717) is 5.92 Å². The molecule has 0 saturated heterocycles. The van der Waals surface area contributed by atoms with Crippen molar-refractivity contribution < 1.29 is 0 Å². The molecule has 1 aromatic carbocycles. The Hall–Kier alpha value is -1.91. The average molecular weight is 287 g/mol. The van der Waals surface area contributed by atoms with Crippen LogP contribution < -0.4 is 5.73 Å². The van der Waals surface area contributed by atoms with Gasteiger partial charge in [-0.15, -0.1) is 5.10 Å². The Labute approximate surface area is 126 Å². The molecule has 0 aliphatic heterocycles. The highest BCUT2D eigenvalue weighted by Gasteiger charge is 2.14. The number of tetrazole rings is 1. The summed E-state index contributed by atoms with van der Waals surface area (Å²) in [6, 6.07) is 5.96. The van der Waals surface area contributed by atoms with E-state index in [1.165, 1.54) is 19.3 Å². The SMILES string of the molecule is CCCCC(CC)Cn1nnnc1-c1cc(C)cc(N)c1. The highest BCUT2D eigenvalue weighted by atomic mass is 15.5. The van der Waals surface area contributed by atoms with Crippen molar-refractivity contribution in [3.8, 4) is 11.4 Å². The van der Waals surface area contributed by atoms with Crippen LogP contribution in [0.4, 0.5) is 5.69 Å². The third-order valence-corrected chi connectivity index (χ3v) is 3.86. The van der Waals surface area contributed by atoms with Gasteiger partial charge in [-0.1, -0.05) is 33.1 Å². The normalized spacial score (nSPS) is 12.5. The van der Waals surface area contributed by atoms with Gasteiger partial charge in [-0.3, -0.25) is 0 Å². The lowest BCUT2D eigenvalue weighted by molar-refractivity contribution is 0.370. The number of aromatic nitrogens is 4. The number of nitrogens with zero attached hydrogens (tertiary/aromatic N) is 4. The van der Waals surface area contributed by atoms with E-state index in [2.05, 4.69) is 35.4 Å². The summed E-state index contributed by atoms with van der Waals surface area (Å²) in [4.78, 5) is 0. The van der Waals surface area contributed by atoms with Crippen LogP contribution >= 0.6 is 0 Å². The molecule has 1 heterocycles. The standard InChI is InChI=1S/C16H25N5/c1-4-6-7-13(5-2)11-21-16(18-19-20-21)14-8-12(3)9-15(17)10-14/h8-10,13H,4-7,11,17H2,1-3H3. The van der Waals surface area contributed by atoms with Crippen molar-refractivity contribution in [2.24, 2.45) is 5.92 Å². The van der Waals surface area contributed by atoms with Gasteiger partial charge in [0.1, 0.15) is 0 Å². The number of rotatable bonds is 7. The number of anilines is 1. The number of hydrogen-bond acceptors (Lipinski definition) is 4. The molecule has 2 N–H and O–H groups in total. The summed E-state index contributed by atoms with van der Waals surface area (Å²) in [5.41, 5.74) is 8.79. The van der Waals surface area contributed by atoms with Crippen LogP contribution in [0, 0.1) is 12.8 Å². The summed E-state index contributed by atoms with van der Waals surface area (Å²) in [6.45, 7) is 7.36. The van der Waals surface area contributed by atoms with Crippen LogP contribution in [0.2, 0.25) is 0 Å². The first-order valence-electron chi connectivity index (χ1n) is 7.77. The molecule has 1 aromatic heterocycles. The molecule has 0 saturated carbocycles. The number of nitrogens with two attached hydrogens (primary N) is 1. The summed E-state index contributed by atoms with van der Waals surface area (Å²) in [5, 5.41) is 12.2. The van der Waals surface area contributed by atoms with E-state index in [0.717, 1.165) is 35.6 Å². The van der Waals surface area contributed by atoms with Gasteiger partial charge in [0.05, 0.1) is 0 Å². The second-order valence-electron chi connectivity index (χ2n) is 5.73. The van der Waals surface area contributed by atoms with Gasteiger partial charge in [0.25, 0.3) is 0 Å². The first-order chi connectivity index (χ1) is 10.1. The van der Waals surface area contributed by atoms with Crippen molar-refractivity contribution in [1.82, 2.24) is 20.2 Å². The molecule has 0 amide bonds. The van der Waals surface area contributed by atoms with Crippen LogP contribution in [0.5, 0.6) is 0 Å². The molecule has 21 heavy (non-hydrogen) atoms. The largest absolute Gasteiger partial charge is 0.399 e. The zero-order valence-corrected chi connectivity index (χ0v) is 13.2. The van der Waals surface area contributed by atoms with Crippen LogP contribution in [0.25, 0.3) is 11.4 Å². The van der Waals surface area contributed by atoms with E-state index in [4.69, 9.17) is 5.73 Å². The molecule has 114 valence electrons. The molecule has 1 unspecified atom stereocenters. The molecule has 5 nitrogen and oxygen atoms in total. The van der Waals surface area contributed by atoms with Crippen molar-refractivity contribution >= 4 is 5.69 Å². The van der Waals surface area contributed by atoms with E-state index in [9.17, 15) is 0 Å². The molecule has 0 bridgehead atoms. The van der Waals surface area contributed by atoms with E-state index in [1.54, 1.807) is 0 Å². The monoisotopic (exact) mass is 287 g/mol. The molecule has 0 aliphatic carbocycles. The third kappa shape index (κ3) is 4.03. The zero-order chi connectivity index (χ0) is 15.2. The maximum absolute atomic E-state index is 5.93. The van der Waals surface area contributed by atoms with Crippen molar-refractivity contribution in [1.29, 1.82) is 0 Å². The summed E-state index contributed by atoms with van der Waals surface area (Å²) < 4.78 is 1.91. The fourth-order valence-corrected chi connectivity index (χ4v) is 2.64. The van der Waals surface area contributed by atoms with Gasteiger partial charge in [0.15, 0.2) is 5.82 Å². The quantitative estimate of drug-likeness (QED) is 0.792.